The van der Waals surface area contributed by atoms with Crippen LogP contribution in [0.2, 0.25) is 0 Å². The smallest absolute Gasteiger partial charge is 0.214 e. The summed E-state index contributed by atoms with van der Waals surface area (Å²) >= 11 is 0. The van der Waals surface area contributed by atoms with Crippen LogP contribution in [0.4, 0.5) is 0 Å². The van der Waals surface area contributed by atoms with Gasteiger partial charge in [-0.25, -0.2) is 12.7 Å². The van der Waals surface area contributed by atoms with Crippen LogP contribution in [0.25, 0.3) is 0 Å². The Bertz CT molecular complexity index is 587. The van der Waals surface area contributed by atoms with Crippen LogP contribution in [0.1, 0.15) is 46.0 Å². The summed E-state index contributed by atoms with van der Waals surface area (Å²) in [5.41, 5.74) is 1.42. The fourth-order valence-corrected chi connectivity index (χ4v) is 4.82. The molecule has 0 spiro atoms. The van der Waals surface area contributed by atoms with E-state index in [4.69, 9.17) is 4.74 Å². The second kappa shape index (κ2) is 12.9. The van der Waals surface area contributed by atoms with Crippen molar-refractivity contribution in [3.8, 4) is 0 Å². The van der Waals surface area contributed by atoms with E-state index in [0.29, 0.717) is 19.5 Å². The molecule has 2 aliphatic rings. The zero-order valence-corrected chi connectivity index (χ0v) is 19.7. The first-order valence-electron chi connectivity index (χ1n) is 9.83. The van der Waals surface area contributed by atoms with Crippen LogP contribution in [0.3, 0.4) is 0 Å². The van der Waals surface area contributed by atoms with Gasteiger partial charge in [0.05, 0.1) is 19.0 Å². The van der Waals surface area contributed by atoms with Crippen LogP contribution in [-0.4, -0.2) is 69.9 Å². The third kappa shape index (κ3) is 8.66. The van der Waals surface area contributed by atoms with E-state index in [2.05, 4.69) is 28.6 Å². The number of nitrogens with one attached hydrogen (secondary N) is 2. The van der Waals surface area contributed by atoms with Crippen molar-refractivity contribution in [1.29, 1.82) is 0 Å². The number of rotatable bonds is 8. The van der Waals surface area contributed by atoms with Crippen LogP contribution < -0.4 is 10.6 Å². The fraction of sp³-hybridized carbons (Fsp3) is 0.833. The number of piperidine rings is 1. The van der Waals surface area contributed by atoms with Gasteiger partial charge >= 0.3 is 0 Å². The van der Waals surface area contributed by atoms with Gasteiger partial charge in [0.1, 0.15) is 0 Å². The maximum atomic E-state index is 12.2. The van der Waals surface area contributed by atoms with E-state index in [1.165, 1.54) is 5.57 Å². The molecular weight excluding hydrogens is 479 g/mol. The van der Waals surface area contributed by atoms with Crippen LogP contribution in [0, 0.1) is 0 Å². The van der Waals surface area contributed by atoms with E-state index in [1.807, 2.05) is 6.92 Å². The number of hydrogen-bond donors (Lipinski definition) is 2. The van der Waals surface area contributed by atoms with Crippen LogP contribution in [0.5, 0.6) is 0 Å². The van der Waals surface area contributed by atoms with Crippen LogP contribution in [-0.2, 0) is 14.8 Å². The van der Waals surface area contributed by atoms with Crippen molar-refractivity contribution in [2.75, 3.05) is 45.1 Å². The predicted molar refractivity (Wildman–Crippen MR) is 121 cm³/mol. The quantitative estimate of drug-likeness (QED) is 0.225. The van der Waals surface area contributed by atoms with Gasteiger partial charge in [-0.1, -0.05) is 18.6 Å². The SMILES string of the molecule is CCCS(=O)(=O)N1CCC(NC(=NCCC2=CCOCC2)NCC)CC1.I. The molecule has 27 heavy (non-hydrogen) atoms. The maximum absolute atomic E-state index is 12.2. The number of halogens is 1. The lowest BCUT2D eigenvalue weighted by atomic mass is 10.1. The van der Waals surface area contributed by atoms with Crippen molar-refractivity contribution in [3.63, 3.8) is 0 Å². The van der Waals surface area contributed by atoms with Gasteiger partial charge in [0.2, 0.25) is 10.0 Å². The lowest BCUT2D eigenvalue weighted by Gasteiger charge is -2.32. The predicted octanol–water partition coefficient (Wildman–Crippen LogP) is 2.10. The molecule has 1 saturated heterocycles. The number of nitrogens with zero attached hydrogens (tertiary/aromatic N) is 2. The highest BCUT2D eigenvalue weighted by Gasteiger charge is 2.27. The third-order valence-corrected chi connectivity index (χ3v) is 6.83. The highest BCUT2D eigenvalue weighted by Crippen LogP contribution is 2.15. The van der Waals surface area contributed by atoms with Crippen LogP contribution in [0.15, 0.2) is 16.6 Å². The van der Waals surface area contributed by atoms with Gasteiger partial charge in [-0.3, -0.25) is 4.99 Å². The van der Waals surface area contributed by atoms with Crippen LogP contribution >= 0.6 is 24.0 Å². The van der Waals surface area contributed by atoms with E-state index < -0.39 is 10.0 Å². The Labute approximate surface area is 181 Å². The Kier molecular flexibility index (Phi) is 11.8. The highest BCUT2D eigenvalue weighted by molar-refractivity contribution is 14.0. The first kappa shape index (κ1) is 24.6. The number of hydrogen-bond acceptors (Lipinski definition) is 4. The zero-order chi connectivity index (χ0) is 18.8. The molecule has 9 heteroatoms. The molecule has 1 fully saturated rings. The Hall–Kier alpha value is -0.390. The molecule has 2 N–H and O–H groups in total. The minimum atomic E-state index is -3.08. The van der Waals surface area contributed by atoms with E-state index in [0.717, 1.165) is 57.9 Å². The molecular formula is C18H35IN4O3S. The first-order valence-corrected chi connectivity index (χ1v) is 11.4. The molecule has 2 aliphatic heterocycles. The summed E-state index contributed by atoms with van der Waals surface area (Å²) in [6.07, 6.45) is 6.43. The van der Waals surface area contributed by atoms with Crippen molar-refractivity contribution >= 4 is 40.0 Å². The summed E-state index contributed by atoms with van der Waals surface area (Å²) in [5, 5.41) is 6.76. The summed E-state index contributed by atoms with van der Waals surface area (Å²) in [7, 11) is -3.08. The van der Waals surface area contributed by atoms with Crippen molar-refractivity contribution < 1.29 is 13.2 Å². The average Bonchev–Trinajstić information content (AvgIpc) is 2.63. The summed E-state index contributed by atoms with van der Waals surface area (Å²) < 4.78 is 31.3. The Morgan fingerprint density at radius 3 is 2.67 bits per heavy atom. The van der Waals surface area contributed by atoms with Gasteiger partial charge in [0.15, 0.2) is 5.96 Å². The van der Waals surface area contributed by atoms with E-state index >= 15 is 0 Å². The molecule has 7 nitrogen and oxygen atoms in total. The van der Waals surface area contributed by atoms with Gasteiger partial charge < -0.3 is 15.4 Å². The van der Waals surface area contributed by atoms with Gasteiger partial charge in [-0.2, -0.15) is 0 Å². The molecule has 0 aromatic heterocycles. The molecule has 0 unspecified atom stereocenters. The summed E-state index contributed by atoms with van der Waals surface area (Å²) in [6.45, 7) is 8.24. The maximum Gasteiger partial charge on any atom is 0.214 e. The monoisotopic (exact) mass is 514 g/mol. The molecule has 0 saturated carbocycles. The third-order valence-electron chi connectivity index (χ3n) is 4.75. The minimum absolute atomic E-state index is 0. The van der Waals surface area contributed by atoms with Crippen molar-refractivity contribution in [2.24, 2.45) is 4.99 Å². The molecule has 0 radical (unpaired) electrons. The first-order chi connectivity index (χ1) is 12.5. The Morgan fingerprint density at radius 2 is 2.07 bits per heavy atom. The van der Waals surface area contributed by atoms with E-state index in [-0.39, 0.29) is 35.8 Å². The fourth-order valence-electron chi connectivity index (χ4n) is 3.28. The van der Waals surface area contributed by atoms with Gasteiger partial charge in [0, 0.05) is 32.2 Å². The average molecular weight is 514 g/mol. The van der Waals surface area contributed by atoms with Crippen molar-refractivity contribution in [1.82, 2.24) is 14.9 Å². The zero-order valence-electron chi connectivity index (χ0n) is 16.6. The standard InChI is InChI=1S/C18H34N4O3S.HI/c1-3-15-26(23,24)22-11-6-17(7-12-22)21-18(19-4-2)20-10-5-16-8-13-25-14-9-16;/h8,17H,3-7,9-15H2,1-2H3,(H2,19,20,21);1H. The molecule has 158 valence electrons. The number of guanidine groups is 1. The topological polar surface area (TPSA) is 83.0 Å². The van der Waals surface area contributed by atoms with Gasteiger partial charge in [0.25, 0.3) is 0 Å². The van der Waals surface area contributed by atoms with E-state index in [1.54, 1.807) is 4.31 Å². The molecule has 0 atom stereocenters. The second-order valence-electron chi connectivity index (χ2n) is 6.83. The van der Waals surface area contributed by atoms with Crippen molar-refractivity contribution in [3.05, 3.63) is 11.6 Å². The minimum Gasteiger partial charge on any atom is -0.377 e. The Balaban J connectivity index is 0.00000364. The lowest BCUT2D eigenvalue weighted by Crippen LogP contribution is -2.50. The molecule has 0 aromatic rings. The second-order valence-corrected chi connectivity index (χ2v) is 8.92. The molecule has 0 aliphatic carbocycles. The summed E-state index contributed by atoms with van der Waals surface area (Å²) in [4.78, 5) is 4.68. The molecule has 0 aromatic carbocycles. The molecule has 2 heterocycles. The largest absolute Gasteiger partial charge is 0.377 e. The number of ether oxygens (including phenoxy) is 1. The summed E-state index contributed by atoms with van der Waals surface area (Å²) in [5.74, 6) is 1.07. The van der Waals surface area contributed by atoms with E-state index in [9.17, 15) is 8.42 Å². The molecule has 2 rings (SSSR count). The van der Waals surface area contributed by atoms with Gasteiger partial charge in [-0.05, 0) is 39.0 Å². The normalized spacial score (nSPS) is 19.9. The molecule has 0 amide bonds. The van der Waals surface area contributed by atoms with Crippen molar-refractivity contribution in [2.45, 2.75) is 52.0 Å². The van der Waals surface area contributed by atoms with Gasteiger partial charge in [-0.15, -0.1) is 24.0 Å². The highest BCUT2D eigenvalue weighted by atomic mass is 127. The Morgan fingerprint density at radius 1 is 1.33 bits per heavy atom. The lowest BCUT2D eigenvalue weighted by molar-refractivity contribution is 0.153. The number of sulfonamides is 1. The molecule has 0 bridgehead atoms. The summed E-state index contributed by atoms with van der Waals surface area (Å²) in [6, 6.07) is 0.267. The number of aliphatic imine (C=N–C) groups is 1.